The van der Waals surface area contributed by atoms with E-state index in [0.29, 0.717) is 61.6 Å². The maximum absolute atomic E-state index is 13.6. The van der Waals surface area contributed by atoms with Crippen molar-refractivity contribution in [3.63, 3.8) is 0 Å². The van der Waals surface area contributed by atoms with Gasteiger partial charge in [0.25, 0.3) is 0 Å². The Morgan fingerprint density at radius 2 is 2.00 bits per heavy atom. The van der Waals surface area contributed by atoms with Crippen LogP contribution in [0.5, 0.6) is 5.75 Å². The van der Waals surface area contributed by atoms with Crippen molar-refractivity contribution in [2.75, 3.05) is 38.7 Å². The molecule has 0 amide bonds. The lowest BCUT2D eigenvalue weighted by Gasteiger charge is -2.26. The summed E-state index contributed by atoms with van der Waals surface area (Å²) in [7, 11) is 1.51. The minimum absolute atomic E-state index is 0.0202. The third kappa shape index (κ3) is 7.13. The Morgan fingerprint density at radius 3 is 2.63 bits per heavy atom. The summed E-state index contributed by atoms with van der Waals surface area (Å²) in [5.74, 6) is 6.19. The SMILES string of the molecule is COCCNc1ncc(C(F)(F)F)cc1C(C)Oc1cc(/C(=N/N)C(C)=NC2CCN(C#N)CC2)cn2ncc(C#N)c12. The number of hydrazone groups is 1. The monoisotopic (exact) mass is 596 g/mol. The first kappa shape index (κ1) is 31.1. The Kier molecular flexibility index (Phi) is 9.67. The Hall–Kier alpha value is -4.89. The molecule has 0 bridgehead atoms. The summed E-state index contributed by atoms with van der Waals surface area (Å²) in [4.78, 5) is 10.5. The van der Waals surface area contributed by atoms with Gasteiger partial charge >= 0.3 is 6.18 Å². The highest BCUT2D eigenvalue weighted by molar-refractivity contribution is 6.47. The van der Waals surface area contributed by atoms with Gasteiger partial charge in [-0.15, -0.1) is 0 Å². The van der Waals surface area contributed by atoms with Gasteiger partial charge in [0.1, 0.15) is 40.5 Å². The van der Waals surface area contributed by atoms with Gasteiger partial charge in [-0.2, -0.15) is 33.9 Å². The van der Waals surface area contributed by atoms with Crippen LogP contribution in [-0.2, 0) is 10.9 Å². The molecule has 1 saturated heterocycles. The Morgan fingerprint density at radius 1 is 1.26 bits per heavy atom. The zero-order valence-corrected chi connectivity index (χ0v) is 23.9. The lowest BCUT2D eigenvalue weighted by molar-refractivity contribution is -0.137. The zero-order chi connectivity index (χ0) is 31.1. The molecule has 1 aliphatic rings. The van der Waals surface area contributed by atoms with Gasteiger partial charge in [0, 0.05) is 50.3 Å². The number of anilines is 1. The van der Waals surface area contributed by atoms with Crippen LogP contribution in [0.3, 0.4) is 0 Å². The summed E-state index contributed by atoms with van der Waals surface area (Å²) in [6, 6.07) is 4.64. The number of likely N-dealkylation sites (tertiary alicyclic amines) is 1. The molecule has 4 rings (SSSR count). The number of alkyl halides is 3. The van der Waals surface area contributed by atoms with Crippen LogP contribution in [0.15, 0.2) is 40.8 Å². The number of nitrogens with two attached hydrogens (primary N) is 1. The number of hydrogen-bond donors (Lipinski definition) is 2. The van der Waals surface area contributed by atoms with E-state index in [-0.39, 0.29) is 28.7 Å². The smallest absolute Gasteiger partial charge is 0.417 e. The fraction of sp³-hybridized carbons (Fsp3) is 0.429. The van der Waals surface area contributed by atoms with E-state index in [4.69, 9.17) is 25.6 Å². The van der Waals surface area contributed by atoms with Gasteiger partial charge in [0.15, 0.2) is 6.19 Å². The van der Waals surface area contributed by atoms with Crippen LogP contribution in [0, 0.1) is 22.8 Å². The predicted octanol–water partition coefficient (Wildman–Crippen LogP) is 3.89. The molecule has 15 heteroatoms. The van der Waals surface area contributed by atoms with E-state index in [0.717, 1.165) is 12.3 Å². The molecule has 3 aromatic heterocycles. The van der Waals surface area contributed by atoms with Crippen molar-refractivity contribution in [1.82, 2.24) is 19.5 Å². The van der Waals surface area contributed by atoms with E-state index in [1.807, 2.05) is 0 Å². The maximum atomic E-state index is 13.6. The number of ether oxygens (including phenoxy) is 2. The fourth-order valence-corrected chi connectivity index (χ4v) is 4.81. The van der Waals surface area contributed by atoms with Crippen molar-refractivity contribution in [3.05, 3.63) is 53.0 Å². The number of piperidine rings is 1. The van der Waals surface area contributed by atoms with Crippen LogP contribution in [0.25, 0.3) is 5.52 Å². The predicted molar refractivity (Wildman–Crippen MR) is 153 cm³/mol. The van der Waals surface area contributed by atoms with Crippen molar-refractivity contribution >= 4 is 22.8 Å². The maximum Gasteiger partial charge on any atom is 0.417 e. The molecule has 4 heterocycles. The molecule has 1 unspecified atom stereocenters. The number of rotatable bonds is 10. The largest absolute Gasteiger partial charge is 0.484 e. The van der Waals surface area contributed by atoms with Gasteiger partial charge in [-0.1, -0.05) is 0 Å². The van der Waals surface area contributed by atoms with Gasteiger partial charge in [-0.25, -0.2) is 9.50 Å². The summed E-state index contributed by atoms with van der Waals surface area (Å²) in [5.41, 5.74) is 1.12. The van der Waals surface area contributed by atoms with Crippen molar-refractivity contribution in [1.29, 1.82) is 10.5 Å². The highest BCUT2D eigenvalue weighted by Gasteiger charge is 2.33. The number of fused-ring (bicyclic) bond motifs is 1. The quantitative estimate of drug-likeness (QED) is 0.116. The molecule has 0 aliphatic carbocycles. The van der Waals surface area contributed by atoms with E-state index < -0.39 is 17.8 Å². The Balaban J connectivity index is 1.72. The third-order valence-corrected chi connectivity index (χ3v) is 7.01. The minimum atomic E-state index is -4.62. The second-order valence-corrected chi connectivity index (χ2v) is 9.91. The van der Waals surface area contributed by atoms with E-state index in [9.17, 15) is 18.4 Å². The molecule has 12 nitrogen and oxygen atoms in total. The molecule has 0 aromatic carbocycles. The van der Waals surface area contributed by atoms with Crippen molar-refractivity contribution in [2.24, 2.45) is 15.9 Å². The number of nitrogens with zero attached hydrogens (tertiary/aromatic N) is 8. The second kappa shape index (κ2) is 13.4. The molecule has 0 radical (unpaired) electrons. The third-order valence-electron chi connectivity index (χ3n) is 7.01. The average molecular weight is 597 g/mol. The normalized spacial score (nSPS) is 15.7. The van der Waals surface area contributed by atoms with Crippen LogP contribution in [0.4, 0.5) is 19.0 Å². The summed E-state index contributed by atoms with van der Waals surface area (Å²) >= 11 is 0. The Bertz CT molecular complexity index is 1590. The summed E-state index contributed by atoms with van der Waals surface area (Å²) in [5, 5.41) is 30.1. The molecular weight excluding hydrogens is 565 g/mol. The van der Waals surface area contributed by atoms with E-state index in [1.165, 1.54) is 17.8 Å². The molecule has 3 aromatic rings. The molecule has 3 N–H and O–H groups in total. The molecular formula is C28H31F3N10O2. The molecule has 0 spiro atoms. The van der Waals surface area contributed by atoms with Gasteiger partial charge in [0.05, 0.1) is 30.1 Å². The van der Waals surface area contributed by atoms with Crippen LogP contribution in [0.1, 0.15) is 55.0 Å². The summed E-state index contributed by atoms with van der Waals surface area (Å²) in [6.45, 7) is 5.17. The van der Waals surface area contributed by atoms with E-state index in [2.05, 4.69) is 32.8 Å². The summed E-state index contributed by atoms with van der Waals surface area (Å²) in [6.07, 6.45) is 1.73. The van der Waals surface area contributed by atoms with Crippen molar-refractivity contribution in [2.45, 2.75) is 45.0 Å². The average Bonchev–Trinajstić information content (AvgIpc) is 3.41. The Labute approximate surface area is 246 Å². The fourth-order valence-electron chi connectivity index (χ4n) is 4.81. The number of hydrogen-bond acceptors (Lipinski definition) is 11. The van der Waals surface area contributed by atoms with Gasteiger partial charge < -0.3 is 25.5 Å². The number of nitrogens with one attached hydrogen (secondary N) is 1. The molecule has 0 saturated carbocycles. The molecule has 43 heavy (non-hydrogen) atoms. The van der Waals surface area contributed by atoms with Crippen molar-refractivity contribution in [3.8, 4) is 18.0 Å². The lowest BCUT2D eigenvalue weighted by Crippen LogP contribution is -2.32. The number of aliphatic imine (C=N–C) groups is 1. The molecule has 1 aliphatic heterocycles. The highest BCUT2D eigenvalue weighted by atomic mass is 19.4. The number of nitriles is 2. The highest BCUT2D eigenvalue weighted by Crippen LogP contribution is 2.35. The lowest BCUT2D eigenvalue weighted by atomic mass is 10.0. The molecule has 1 fully saturated rings. The van der Waals surface area contributed by atoms with Crippen LogP contribution in [0.2, 0.25) is 0 Å². The van der Waals surface area contributed by atoms with Crippen molar-refractivity contribution < 1.29 is 22.6 Å². The number of pyridine rings is 2. The van der Waals surface area contributed by atoms with Gasteiger partial charge in [0.2, 0.25) is 0 Å². The van der Waals surface area contributed by atoms with Gasteiger partial charge in [-0.3, -0.25) is 4.99 Å². The second-order valence-electron chi connectivity index (χ2n) is 9.91. The van der Waals surface area contributed by atoms with E-state index >= 15 is 0 Å². The topological polar surface area (TPSA) is 162 Å². The summed E-state index contributed by atoms with van der Waals surface area (Å²) < 4.78 is 53.5. The minimum Gasteiger partial charge on any atom is -0.484 e. The first-order valence-electron chi connectivity index (χ1n) is 13.4. The number of halogens is 3. The standard InChI is InChI=1S/C28H31F3N10O2/c1-17(38-22-4-7-40(16-33)8-5-22)25(39-34)19-10-24(26-20(12-32)13-37-41(26)15-19)43-18(2)23-11-21(28(29,30)31)14-36-27(23)35-6-9-42-3/h10-11,13-15,18,22H,4-9,34H2,1-3H3,(H,35,36)/b38-17?,39-25+. The molecule has 1 atom stereocenters. The van der Waals surface area contributed by atoms with Crippen LogP contribution >= 0.6 is 0 Å². The molecule has 226 valence electrons. The number of aromatic nitrogens is 3. The first-order valence-corrected chi connectivity index (χ1v) is 13.4. The van der Waals surface area contributed by atoms with E-state index in [1.54, 1.807) is 31.0 Å². The van der Waals surface area contributed by atoms with Gasteiger partial charge in [-0.05, 0) is 38.8 Å². The van der Waals surface area contributed by atoms with Crippen LogP contribution in [-0.4, -0.2) is 70.3 Å². The van der Waals surface area contributed by atoms with Crippen LogP contribution < -0.4 is 15.9 Å². The zero-order valence-electron chi connectivity index (χ0n) is 23.9. The number of methoxy groups -OCH3 is 1. The first-order chi connectivity index (χ1) is 20.6.